The molecule has 0 saturated carbocycles. The molecule has 1 unspecified atom stereocenters. The van der Waals surface area contributed by atoms with Gasteiger partial charge in [-0.3, -0.25) is 5.10 Å². The maximum atomic E-state index is 4.29. The van der Waals surface area contributed by atoms with Gasteiger partial charge in [0.05, 0.1) is 11.9 Å². The van der Waals surface area contributed by atoms with Crippen LogP contribution in [0.5, 0.6) is 0 Å². The van der Waals surface area contributed by atoms with Gasteiger partial charge in [0.1, 0.15) is 0 Å². The predicted molar refractivity (Wildman–Crippen MR) is 80.6 cm³/mol. The van der Waals surface area contributed by atoms with Crippen molar-refractivity contribution in [3.63, 3.8) is 0 Å². The number of H-pyrrole nitrogens is 2. The SMILES string of the molecule is Cc1[nH]c2ccccc2c1-c1cn[nH]c1C1CCCN1. The summed E-state index contributed by atoms with van der Waals surface area (Å²) in [5.41, 5.74) is 6.10. The molecule has 0 spiro atoms. The van der Waals surface area contributed by atoms with Gasteiger partial charge in [0.2, 0.25) is 0 Å². The summed E-state index contributed by atoms with van der Waals surface area (Å²) in [5, 5.41) is 12.3. The molecule has 1 atom stereocenters. The first-order chi connectivity index (χ1) is 9.84. The van der Waals surface area contributed by atoms with Gasteiger partial charge < -0.3 is 10.3 Å². The minimum atomic E-state index is 0.403. The highest BCUT2D eigenvalue weighted by Crippen LogP contribution is 2.36. The Morgan fingerprint density at radius 3 is 3.00 bits per heavy atom. The van der Waals surface area contributed by atoms with Crippen LogP contribution >= 0.6 is 0 Å². The van der Waals surface area contributed by atoms with Crippen molar-refractivity contribution in [3.05, 3.63) is 41.9 Å². The molecule has 1 aliphatic heterocycles. The average Bonchev–Trinajstić information content (AvgIpc) is 3.16. The zero-order valence-electron chi connectivity index (χ0n) is 11.5. The Morgan fingerprint density at radius 2 is 2.15 bits per heavy atom. The highest BCUT2D eigenvalue weighted by atomic mass is 15.1. The molecule has 3 aromatic rings. The molecule has 0 radical (unpaired) electrons. The molecule has 102 valence electrons. The lowest BCUT2D eigenvalue weighted by atomic mass is 9.99. The second-order valence-corrected chi connectivity index (χ2v) is 5.52. The molecule has 2 aromatic heterocycles. The minimum absolute atomic E-state index is 0.403. The molecule has 1 aromatic carbocycles. The van der Waals surface area contributed by atoms with Crippen LogP contribution in [0.4, 0.5) is 0 Å². The number of benzene rings is 1. The van der Waals surface area contributed by atoms with Gasteiger partial charge in [0, 0.05) is 33.8 Å². The number of para-hydroxylation sites is 1. The van der Waals surface area contributed by atoms with E-state index in [9.17, 15) is 0 Å². The van der Waals surface area contributed by atoms with Gasteiger partial charge in [-0.05, 0) is 32.4 Å². The van der Waals surface area contributed by atoms with Gasteiger partial charge in [-0.25, -0.2) is 0 Å². The third-order valence-electron chi connectivity index (χ3n) is 4.24. The Bertz CT molecular complexity index is 747. The van der Waals surface area contributed by atoms with Gasteiger partial charge in [-0.1, -0.05) is 18.2 Å². The number of nitrogens with zero attached hydrogens (tertiary/aromatic N) is 1. The lowest BCUT2D eigenvalue weighted by Crippen LogP contribution is -2.14. The zero-order valence-corrected chi connectivity index (χ0v) is 11.5. The average molecular weight is 266 g/mol. The fraction of sp³-hybridized carbons (Fsp3) is 0.312. The van der Waals surface area contributed by atoms with E-state index in [-0.39, 0.29) is 0 Å². The summed E-state index contributed by atoms with van der Waals surface area (Å²) in [4.78, 5) is 3.47. The fourth-order valence-corrected chi connectivity index (χ4v) is 3.32. The summed E-state index contributed by atoms with van der Waals surface area (Å²) < 4.78 is 0. The van der Waals surface area contributed by atoms with E-state index >= 15 is 0 Å². The molecule has 4 rings (SSSR count). The van der Waals surface area contributed by atoms with Gasteiger partial charge in [-0.2, -0.15) is 5.10 Å². The lowest BCUT2D eigenvalue weighted by molar-refractivity contribution is 0.626. The summed E-state index contributed by atoms with van der Waals surface area (Å²) in [6.45, 7) is 3.23. The first kappa shape index (κ1) is 11.7. The highest BCUT2D eigenvalue weighted by molar-refractivity contribution is 5.97. The van der Waals surface area contributed by atoms with E-state index in [0.29, 0.717) is 6.04 Å². The molecule has 1 aliphatic rings. The van der Waals surface area contributed by atoms with Crippen molar-refractivity contribution in [2.75, 3.05) is 6.54 Å². The van der Waals surface area contributed by atoms with Crippen LogP contribution in [0.2, 0.25) is 0 Å². The van der Waals surface area contributed by atoms with E-state index in [0.717, 1.165) is 6.54 Å². The molecule has 0 amide bonds. The van der Waals surface area contributed by atoms with Crippen molar-refractivity contribution in [1.29, 1.82) is 0 Å². The zero-order chi connectivity index (χ0) is 13.5. The molecule has 0 bridgehead atoms. The van der Waals surface area contributed by atoms with Crippen LogP contribution in [0.15, 0.2) is 30.5 Å². The number of aromatic amines is 2. The number of aryl methyl sites for hydroxylation is 1. The second-order valence-electron chi connectivity index (χ2n) is 5.52. The van der Waals surface area contributed by atoms with Crippen molar-refractivity contribution >= 4 is 10.9 Å². The van der Waals surface area contributed by atoms with Crippen LogP contribution in [0.1, 0.15) is 30.3 Å². The molecule has 1 saturated heterocycles. The van der Waals surface area contributed by atoms with Crippen LogP contribution in [0.25, 0.3) is 22.0 Å². The first-order valence-electron chi connectivity index (χ1n) is 7.19. The van der Waals surface area contributed by atoms with E-state index < -0.39 is 0 Å². The number of nitrogens with one attached hydrogen (secondary N) is 3. The van der Waals surface area contributed by atoms with E-state index in [1.54, 1.807) is 0 Å². The van der Waals surface area contributed by atoms with E-state index in [1.165, 1.54) is 46.3 Å². The molecule has 3 heterocycles. The third kappa shape index (κ3) is 1.68. The number of fused-ring (bicyclic) bond motifs is 1. The fourth-order valence-electron chi connectivity index (χ4n) is 3.32. The first-order valence-corrected chi connectivity index (χ1v) is 7.19. The number of rotatable bonds is 2. The van der Waals surface area contributed by atoms with Crippen molar-refractivity contribution in [2.45, 2.75) is 25.8 Å². The van der Waals surface area contributed by atoms with Crippen LogP contribution in [0, 0.1) is 6.92 Å². The normalized spacial score (nSPS) is 18.9. The second kappa shape index (κ2) is 4.49. The Labute approximate surface area is 117 Å². The van der Waals surface area contributed by atoms with Crippen molar-refractivity contribution < 1.29 is 0 Å². The Morgan fingerprint density at radius 1 is 1.25 bits per heavy atom. The molecule has 3 N–H and O–H groups in total. The molecule has 0 aliphatic carbocycles. The molecule has 1 fully saturated rings. The summed E-state index contributed by atoms with van der Waals surface area (Å²) in [7, 11) is 0. The summed E-state index contributed by atoms with van der Waals surface area (Å²) in [6.07, 6.45) is 4.37. The summed E-state index contributed by atoms with van der Waals surface area (Å²) in [6, 6.07) is 8.86. The summed E-state index contributed by atoms with van der Waals surface area (Å²) in [5.74, 6) is 0. The number of aromatic nitrogens is 3. The predicted octanol–water partition coefficient (Wildman–Crippen LogP) is 3.29. The largest absolute Gasteiger partial charge is 0.358 e. The third-order valence-corrected chi connectivity index (χ3v) is 4.24. The molecular weight excluding hydrogens is 248 g/mol. The van der Waals surface area contributed by atoms with Crippen molar-refractivity contribution in [3.8, 4) is 11.1 Å². The lowest BCUT2D eigenvalue weighted by Gasteiger charge is -2.11. The Hall–Kier alpha value is -2.07. The van der Waals surface area contributed by atoms with Crippen molar-refractivity contribution in [2.24, 2.45) is 0 Å². The van der Waals surface area contributed by atoms with Gasteiger partial charge in [-0.15, -0.1) is 0 Å². The topological polar surface area (TPSA) is 56.5 Å². The van der Waals surface area contributed by atoms with E-state index in [1.807, 2.05) is 6.20 Å². The quantitative estimate of drug-likeness (QED) is 0.666. The van der Waals surface area contributed by atoms with Crippen molar-refractivity contribution in [1.82, 2.24) is 20.5 Å². The van der Waals surface area contributed by atoms with Gasteiger partial charge in [0.15, 0.2) is 0 Å². The van der Waals surface area contributed by atoms with Crippen LogP contribution in [-0.2, 0) is 0 Å². The van der Waals surface area contributed by atoms with E-state index in [4.69, 9.17) is 0 Å². The Balaban J connectivity index is 1.91. The monoisotopic (exact) mass is 266 g/mol. The van der Waals surface area contributed by atoms with Gasteiger partial charge >= 0.3 is 0 Å². The molecule has 4 heteroatoms. The number of hydrogen-bond donors (Lipinski definition) is 3. The smallest absolute Gasteiger partial charge is 0.0600 e. The van der Waals surface area contributed by atoms with Crippen LogP contribution < -0.4 is 5.32 Å². The van der Waals surface area contributed by atoms with Crippen LogP contribution in [0.3, 0.4) is 0 Å². The number of hydrogen-bond acceptors (Lipinski definition) is 2. The maximum Gasteiger partial charge on any atom is 0.0600 e. The summed E-state index contributed by atoms with van der Waals surface area (Å²) >= 11 is 0. The minimum Gasteiger partial charge on any atom is -0.358 e. The van der Waals surface area contributed by atoms with Gasteiger partial charge in [0.25, 0.3) is 0 Å². The maximum absolute atomic E-state index is 4.29. The standard InChI is InChI=1S/C16H18N4/c1-10-15(11-5-2-3-6-13(11)19-10)12-9-18-20-16(12)14-7-4-8-17-14/h2-3,5-6,9,14,17,19H,4,7-8H2,1H3,(H,18,20). The highest BCUT2D eigenvalue weighted by Gasteiger charge is 2.23. The molecule has 20 heavy (non-hydrogen) atoms. The molecular formula is C16H18N4. The molecule has 4 nitrogen and oxygen atoms in total. The van der Waals surface area contributed by atoms with E-state index in [2.05, 4.69) is 51.7 Å². The Kier molecular flexibility index (Phi) is 2.63. The van der Waals surface area contributed by atoms with Crippen LogP contribution in [-0.4, -0.2) is 21.7 Å².